The van der Waals surface area contributed by atoms with Crippen molar-refractivity contribution >= 4 is 46.6 Å². The zero-order valence-electron chi connectivity index (χ0n) is 11.1. The van der Waals surface area contributed by atoms with E-state index in [1.54, 1.807) is 24.3 Å². The van der Waals surface area contributed by atoms with Gasteiger partial charge in [0.25, 0.3) is 0 Å². The van der Waals surface area contributed by atoms with E-state index in [4.69, 9.17) is 28.9 Å². The molecule has 110 valence electrons. The standard InChI is InChI=1S/C15H14Cl2N2OS/c16-12-4-2-1-3-10(12)8-19-15(20)9-21-14-7-11(18)5-6-13(14)17/h1-7H,8-9,18H2,(H,19,20). The highest BCUT2D eigenvalue weighted by Gasteiger charge is 2.07. The van der Waals surface area contributed by atoms with Crippen molar-refractivity contribution in [2.45, 2.75) is 11.4 Å². The summed E-state index contributed by atoms with van der Waals surface area (Å²) in [7, 11) is 0. The topological polar surface area (TPSA) is 55.1 Å². The summed E-state index contributed by atoms with van der Waals surface area (Å²) < 4.78 is 0. The Morgan fingerprint density at radius 1 is 1.14 bits per heavy atom. The molecule has 0 aliphatic carbocycles. The van der Waals surface area contributed by atoms with E-state index in [-0.39, 0.29) is 11.7 Å². The van der Waals surface area contributed by atoms with Crippen LogP contribution in [0.15, 0.2) is 47.4 Å². The molecule has 0 aliphatic rings. The number of hydrogen-bond donors (Lipinski definition) is 2. The van der Waals surface area contributed by atoms with E-state index in [9.17, 15) is 4.79 Å². The van der Waals surface area contributed by atoms with E-state index < -0.39 is 0 Å². The highest BCUT2D eigenvalue weighted by atomic mass is 35.5. The number of rotatable bonds is 5. The summed E-state index contributed by atoms with van der Waals surface area (Å²) in [5.74, 6) is 0.187. The Hall–Kier alpha value is -1.36. The highest BCUT2D eigenvalue weighted by molar-refractivity contribution is 8.00. The summed E-state index contributed by atoms with van der Waals surface area (Å²) in [5, 5.41) is 4.06. The summed E-state index contributed by atoms with van der Waals surface area (Å²) >= 11 is 13.4. The molecule has 0 aromatic heterocycles. The van der Waals surface area contributed by atoms with Gasteiger partial charge in [0.1, 0.15) is 0 Å². The largest absolute Gasteiger partial charge is 0.399 e. The average Bonchev–Trinajstić information content (AvgIpc) is 2.47. The minimum atomic E-state index is -0.0848. The number of amides is 1. The second kappa shape index (κ2) is 7.59. The molecule has 2 rings (SSSR count). The zero-order valence-corrected chi connectivity index (χ0v) is 13.4. The minimum Gasteiger partial charge on any atom is -0.399 e. The fourth-order valence-corrected chi connectivity index (χ4v) is 2.96. The Morgan fingerprint density at radius 2 is 1.90 bits per heavy atom. The SMILES string of the molecule is Nc1ccc(Cl)c(SCC(=O)NCc2ccccc2Cl)c1. The third-order valence-electron chi connectivity index (χ3n) is 2.75. The van der Waals surface area contributed by atoms with E-state index >= 15 is 0 Å². The number of nitrogens with one attached hydrogen (secondary N) is 1. The van der Waals surface area contributed by atoms with Gasteiger partial charge in [-0.2, -0.15) is 0 Å². The monoisotopic (exact) mass is 340 g/mol. The van der Waals surface area contributed by atoms with E-state index in [0.29, 0.717) is 22.3 Å². The van der Waals surface area contributed by atoms with Gasteiger partial charge in [-0.3, -0.25) is 4.79 Å². The first kappa shape index (κ1) is 16.0. The molecule has 0 radical (unpaired) electrons. The number of benzene rings is 2. The molecule has 0 unspecified atom stereocenters. The zero-order chi connectivity index (χ0) is 15.2. The molecular weight excluding hydrogens is 327 g/mol. The van der Waals surface area contributed by atoms with E-state index in [1.807, 2.05) is 18.2 Å². The van der Waals surface area contributed by atoms with Gasteiger partial charge in [0.15, 0.2) is 0 Å². The van der Waals surface area contributed by atoms with Crippen LogP contribution in [-0.4, -0.2) is 11.7 Å². The highest BCUT2D eigenvalue weighted by Crippen LogP contribution is 2.28. The van der Waals surface area contributed by atoms with Gasteiger partial charge in [0.2, 0.25) is 5.91 Å². The lowest BCUT2D eigenvalue weighted by Gasteiger charge is -2.08. The van der Waals surface area contributed by atoms with Crippen molar-refractivity contribution in [3.8, 4) is 0 Å². The van der Waals surface area contributed by atoms with Crippen LogP contribution in [0.25, 0.3) is 0 Å². The lowest BCUT2D eigenvalue weighted by Crippen LogP contribution is -2.24. The van der Waals surface area contributed by atoms with Crippen LogP contribution in [0.3, 0.4) is 0 Å². The third kappa shape index (κ3) is 4.84. The van der Waals surface area contributed by atoms with E-state index in [1.165, 1.54) is 11.8 Å². The van der Waals surface area contributed by atoms with Crippen molar-refractivity contribution in [1.29, 1.82) is 0 Å². The maximum atomic E-state index is 11.8. The number of halogens is 2. The molecule has 3 N–H and O–H groups in total. The molecule has 1 amide bonds. The molecule has 0 saturated carbocycles. The number of anilines is 1. The van der Waals surface area contributed by atoms with Crippen LogP contribution in [0.2, 0.25) is 10.0 Å². The van der Waals surface area contributed by atoms with E-state index in [2.05, 4.69) is 5.32 Å². The number of thioether (sulfide) groups is 1. The first-order chi connectivity index (χ1) is 10.1. The number of nitrogen functional groups attached to an aromatic ring is 1. The molecule has 0 saturated heterocycles. The molecule has 3 nitrogen and oxygen atoms in total. The molecule has 6 heteroatoms. The first-order valence-electron chi connectivity index (χ1n) is 6.24. The van der Waals surface area contributed by atoms with Gasteiger partial charge < -0.3 is 11.1 Å². The predicted octanol–water partition coefficient (Wildman–Crippen LogP) is 3.98. The summed E-state index contributed by atoms with van der Waals surface area (Å²) in [6.07, 6.45) is 0. The van der Waals surface area contributed by atoms with Crippen LogP contribution in [0.4, 0.5) is 5.69 Å². The van der Waals surface area contributed by atoms with E-state index in [0.717, 1.165) is 10.5 Å². The number of carbonyl (C=O) groups is 1. The van der Waals surface area contributed by atoms with Crippen LogP contribution in [0, 0.1) is 0 Å². The number of nitrogens with two attached hydrogens (primary N) is 1. The first-order valence-corrected chi connectivity index (χ1v) is 7.98. The van der Waals surface area contributed by atoms with Gasteiger partial charge in [-0.15, -0.1) is 11.8 Å². The van der Waals surface area contributed by atoms with Crippen LogP contribution in [0.1, 0.15) is 5.56 Å². The Balaban J connectivity index is 1.85. The molecule has 0 spiro atoms. The minimum absolute atomic E-state index is 0.0848. The van der Waals surface area contributed by atoms with Gasteiger partial charge in [0.05, 0.1) is 10.8 Å². The van der Waals surface area contributed by atoms with Gasteiger partial charge in [-0.05, 0) is 29.8 Å². The predicted molar refractivity (Wildman–Crippen MR) is 89.9 cm³/mol. The normalized spacial score (nSPS) is 10.4. The maximum absolute atomic E-state index is 11.8. The molecule has 0 heterocycles. The van der Waals surface area contributed by atoms with Crippen LogP contribution in [-0.2, 0) is 11.3 Å². The van der Waals surface area contributed by atoms with Gasteiger partial charge in [0, 0.05) is 22.2 Å². The second-order valence-corrected chi connectivity index (χ2v) is 6.18. The molecule has 0 aliphatic heterocycles. The maximum Gasteiger partial charge on any atom is 0.230 e. The van der Waals surface area contributed by atoms with Crippen molar-refractivity contribution in [1.82, 2.24) is 5.32 Å². The van der Waals surface area contributed by atoms with Crippen LogP contribution >= 0.6 is 35.0 Å². The molecule has 0 bridgehead atoms. The Labute approximate surface area is 137 Å². The van der Waals surface area contributed by atoms with Gasteiger partial charge in [-0.25, -0.2) is 0 Å². The molecule has 0 atom stereocenters. The summed E-state index contributed by atoms with van der Waals surface area (Å²) in [6, 6.07) is 12.6. The lowest BCUT2D eigenvalue weighted by molar-refractivity contribution is -0.118. The number of carbonyl (C=O) groups excluding carboxylic acids is 1. The summed E-state index contributed by atoms with van der Waals surface area (Å²) in [5.41, 5.74) is 7.21. The number of hydrogen-bond acceptors (Lipinski definition) is 3. The van der Waals surface area contributed by atoms with Crippen LogP contribution < -0.4 is 11.1 Å². The molecule has 2 aromatic rings. The quantitative estimate of drug-likeness (QED) is 0.639. The average molecular weight is 341 g/mol. The van der Waals surface area contributed by atoms with Crippen molar-refractivity contribution in [3.63, 3.8) is 0 Å². The molecule has 0 fully saturated rings. The van der Waals surface area contributed by atoms with Crippen molar-refractivity contribution in [2.24, 2.45) is 0 Å². The summed E-state index contributed by atoms with van der Waals surface area (Å²) in [4.78, 5) is 12.6. The molecule has 2 aromatic carbocycles. The Kier molecular flexibility index (Phi) is 5.79. The smallest absolute Gasteiger partial charge is 0.230 e. The summed E-state index contributed by atoms with van der Waals surface area (Å²) in [6.45, 7) is 0.406. The second-order valence-electron chi connectivity index (χ2n) is 4.35. The van der Waals surface area contributed by atoms with Crippen molar-refractivity contribution in [2.75, 3.05) is 11.5 Å². The van der Waals surface area contributed by atoms with Gasteiger partial charge >= 0.3 is 0 Å². The third-order valence-corrected chi connectivity index (χ3v) is 4.61. The Bertz CT molecular complexity index is 649. The van der Waals surface area contributed by atoms with Crippen molar-refractivity contribution in [3.05, 3.63) is 58.1 Å². The fourth-order valence-electron chi connectivity index (χ4n) is 1.66. The lowest BCUT2D eigenvalue weighted by atomic mass is 10.2. The van der Waals surface area contributed by atoms with Crippen LogP contribution in [0.5, 0.6) is 0 Å². The van der Waals surface area contributed by atoms with Gasteiger partial charge in [-0.1, -0.05) is 41.4 Å². The fraction of sp³-hybridized carbons (Fsp3) is 0.133. The Morgan fingerprint density at radius 3 is 2.67 bits per heavy atom. The molecular formula is C15H14Cl2N2OS. The molecule has 21 heavy (non-hydrogen) atoms. The van der Waals surface area contributed by atoms with Crippen molar-refractivity contribution < 1.29 is 4.79 Å².